The highest BCUT2D eigenvalue weighted by atomic mass is 32.2. The number of thioether (sulfide) groups is 1. The van der Waals surface area contributed by atoms with Crippen molar-refractivity contribution in [3.05, 3.63) is 37.1 Å². The lowest BCUT2D eigenvalue weighted by Crippen LogP contribution is -2.49. The summed E-state index contributed by atoms with van der Waals surface area (Å²) in [6.07, 6.45) is 4.10. The van der Waals surface area contributed by atoms with Crippen LogP contribution >= 0.6 is 23.1 Å². The molecule has 0 bridgehead atoms. The topological polar surface area (TPSA) is 74.2 Å². The van der Waals surface area contributed by atoms with Gasteiger partial charge < -0.3 is 15.1 Å². The van der Waals surface area contributed by atoms with E-state index in [1.807, 2.05) is 23.1 Å². The SMILES string of the molecule is C=CCNc1nnc(SCCC(=O)N2CCN(c3ccccn3)CC2)s1. The van der Waals surface area contributed by atoms with Gasteiger partial charge in [0.25, 0.3) is 0 Å². The zero-order valence-corrected chi connectivity index (χ0v) is 16.1. The summed E-state index contributed by atoms with van der Waals surface area (Å²) in [5.41, 5.74) is 0. The Morgan fingerprint density at radius 2 is 2.15 bits per heavy atom. The number of nitrogens with one attached hydrogen (secondary N) is 1. The minimum atomic E-state index is 0.202. The normalized spacial score (nSPS) is 14.3. The van der Waals surface area contributed by atoms with Crippen molar-refractivity contribution in [1.82, 2.24) is 20.1 Å². The molecule has 0 aliphatic carbocycles. The van der Waals surface area contributed by atoms with Crippen LogP contribution in [0.4, 0.5) is 10.9 Å². The van der Waals surface area contributed by atoms with Gasteiger partial charge >= 0.3 is 0 Å². The molecule has 1 saturated heterocycles. The molecule has 138 valence electrons. The number of anilines is 2. The monoisotopic (exact) mass is 390 g/mol. The molecule has 0 unspecified atom stereocenters. The van der Waals surface area contributed by atoms with E-state index >= 15 is 0 Å². The van der Waals surface area contributed by atoms with E-state index in [-0.39, 0.29) is 5.91 Å². The summed E-state index contributed by atoms with van der Waals surface area (Å²) >= 11 is 3.08. The Balaban J connectivity index is 1.38. The first-order valence-corrected chi connectivity index (χ1v) is 10.3. The van der Waals surface area contributed by atoms with Crippen molar-refractivity contribution in [2.45, 2.75) is 10.8 Å². The first-order chi connectivity index (χ1) is 12.8. The van der Waals surface area contributed by atoms with Crippen molar-refractivity contribution in [1.29, 1.82) is 0 Å². The number of hydrogen-bond acceptors (Lipinski definition) is 8. The predicted octanol–water partition coefficient (Wildman–Crippen LogP) is 2.36. The van der Waals surface area contributed by atoms with E-state index in [9.17, 15) is 4.79 Å². The van der Waals surface area contributed by atoms with Crippen molar-refractivity contribution in [2.24, 2.45) is 0 Å². The molecule has 3 heterocycles. The molecule has 26 heavy (non-hydrogen) atoms. The number of pyridine rings is 1. The fraction of sp³-hybridized carbons (Fsp3) is 0.412. The highest BCUT2D eigenvalue weighted by Crippen LogP contribution is 2.26. The molecule has 1 aliphatic rings. The van der Waals surface area contributed by atoms with Crippen molar-refractivity contribution < 1.29 is 4.79 Å². The third kappa shape index (κ3) is 5.18. The van der Waals surface area contributed by atoms with E-state index in [1.54, 1.807) is 24.0 Å². The number of rotatable bonds is 8. The lowest BCUT2D eigenvalue weighted by molar-refractivity contribution is -0.131. The molecule has 1 aliphatic heterocycles. The summed E-state index contributed by atoms with van der Waals surface area (Å²) in [6.45, 7) is 7.46. The van der Waals surface area contributed by atoms with Gasteiger partial charge in [0, 0.05) is 51.1 Å². The molecule has 0 radical (unpaired) electrons. The van der Waals surface area contributed by atoms with Gasteiger partial charge in [-0.1, -0.05) is 35.2 Å². The molecule has 1 fully saturated rings. The number of carbonyl (C=O) groups is 1. The number of amides is 1. The summed E-state index contributed by atoms with van der Waals surface area (Å²) in [5.74, 6) is 1.90. The van der Waals surface area contributed by atoms with Gasteiger partial charge in [-0.2, -0.15) is 0 Å². The van der Waals surface area contributed by atoms with Crippen LogP contribution < -0.4 is 10.2 Å². The van der Waals surface area contributed by atoms with E-state index < -0.39 is 0 Å². The van der Waals surface area contributed by atoms with Crippen molar-refractivity contribution in [3.63, 3.8) is 0 Å². The Labute approximate surface area is 161 Å². The third-order valence-corrected chi connectivity index (χ3v) is 5.97. The fourth-order valence-corrected chi connectivity index (χ4v) is 4.37. The maximum atomic E-state index is 12.4. The number of aromatic nitrogens is 3. The highest BCUT2D eigenvalue weighted by Gasteiger charge is 2.21. The van der Waals surface area contributed by atoms with Crippen LogP contribution in [0.1, 0.15) is 6.42 Å². The fourth-order valence-electron chi connectivity index (χ4n) is 2.61. The van der Waals surface area contributed by atoms with E-state index in [0.29, 0.717) is 13.0 Å². The first-order valence-electron chi connectivity index (χ1n) is 8.51. The van der Waals surface area contributed by atoms with Gasteiger partial charge in [-0.3, -0.25) is 4.79 Å². The summed E-state index contributed by atoms with van der Waals surface area (Å²) < 4.78 is 0.879. The quantitative estimate of drug-likeness (QED) is 0.548. The predicted molar refractivity (Wildman–Crippen MR) is 107 cm³/mol. The van der Waals surface area contributed by atoms with Gasteiger partial charge in [0.2, 0.25) is 11.0 Å². The van der Waals surface area contributed by atoms with Gasteiger partial charge in [-0.15, -0.1) is 16.8 Å². The lowest BCUT2D eigenvalue weighted by Gasteiger charge is -2.35. The molecule has 0 aromatic carbocycles. The van der Waals surface area contributed by atoms with Crippen LogP contribution in [-0.4, -0.2) is 64.5 Å². The van der Waals surface area contributed by atoms with Crippen molar-refractivity contribution in [2.75, 3.05) is 48.7 Å². The molecule has 2 aromatic heterocycles. The Kier molecular flexibility index (Phi) is 6.84. The van der Waals surface area contributed by atoms with Gasteiger partial charge in [0.15, 0.2) is 4.34 Å². The van der Waals surface area contributed by atoms with Crippen LogP contribution in [-0.2, 0) is 4.79 Å². The Morgan fingerprint density at radius 3 is 2.88 bits per heavy atom. The smallest absolute Gasteiger partial charge is 0.223 e. The summed E-state index contributed by atoms with van der Waals surface area (Å²) in [6, 6.07) is 5.91. The van der Waals surface area contributed by atoms with E-state index in [1.165, 1.54) is 11.3 Å². The molecule has 7 nitrogen and oxygen atoms in total. The molecule has 9 heteroatoms. The number of carbonyl (C=O) groups excluding carboxylic acids is 1. The number of nitrogens with zero attached hydrogens (tertiary/aromatic N) is 5. The maximum Gasteiger partial charge on any atom is 0.223 e. The Morgan fingerprint density at radius 1 is 1.31 bits per heavy atom. The molecule has 1 amide bonds. The van der Waals surface area contributed by atoms with E-state index in [2.05, 4.69) is 32.0 Å². The van der Waals surface area contributed by atoms with Crippen molar-refractivity contribution in [3.8, 4) is 0 Å². The van der Waals surface area contributed by atoms with Crippen LogP contribution in [0.15, 0.2) is 41.4 Å². The molecule has 1 N–H and O–H groups in total. The zero-order chi connectivity index (χ0) is 18.2. The summed E-state index contributed by atoms with van der Waals surface area (Å²) in [7, 11) is 0. The van der Waals surface area contributed by atoms with Crippen LogP contribution in [0.3, 0.4) is 0 Å². The lowest BCUT2D eigenvalue weighted by atomic mass is 10.3. The average molecular weight is 391 g/mol. The molecule has 3 rings (SSSR count). The molecular formula is C17H22N6OS2. The number of piperazine rings is 1. The van der Waals surface area contributed by atoms with Gasteiger partial charge in [0.1, 0.15) is 5.82 Å². The van der Waals surface area contributed by atoms with Crippen LogP contribution in [0.5, 0.6) is 0 Å². The zero-order valence-electron chi connectivity index (χ0n) is 14.5. The second-order valence-corrected chi connectivity index (χ2v) is 8.02. The molecular weight excluding hydrogens is 368 g/mol. The molecule has 0 atom stereocenters. The minimum Gasteiger partial charge on any atom is -0.357 e. The summed E-state index contributed by atoms with van der Waals surface area (Å²) in [5, 5.41) is 12.1. The highest BCUT2D eigenvalue weighted by molar-refractivity contribution is 8.01. The van der Waals surface area contributed by atoms with Crippen LogP contribution in [0.2, 0.25) is 0 Å². The largest absolute Gasteiger partial charge is 0.357 e. The average Bonchev–Trinajstić information content (AvgIpc) is 3.15. The molecule has 0 spiro atoms. The number of hydrogen-bond donors (Lipinski definition) is 1. The standard InChI is InChI=1S/C17H22N6OS2/c1-2-7-19-16-20-21-17(26-16)25-13-6-15(24)23-11-9-22(10-12-23)14-5-3-4-8-18-14/h2-5,8H,1,6-7,9-13H2,(H,19,20). The Bertz CT molecular complexity index is 715. The Hall–Kier alpha value is -2.13. The van der Waals surface area contributed by atoms with Gasteiger partial charge in [0.05, 0.1) is 0 Å². The van der Waals surface area contributed by atoms with Crippen molar-refractivity contribution >= 4 is 40.0 Å². The van der Waals surface area contributed by atoms with E-state index in [4.69, 9.17) is 0 Å². The van der Waals surface area contributed by atoms with E-state index in [0.717, 1.165) is 47.2 Å². The maximum absolute atomic E-state index is 12.4. The van der Waals surface area contributed by atoms with Crippen LogP contribution in [0.25, 0.3) is 0 Å². The van der Waals surface area contributed by atoms with Gasteiger partial charge in [-0.25, -0.2) is 4.98 Å². The molecule has 2 aromatic rings. The van der Waals surface area contributed by atoms with Crippen LogP contribution in [0, 0.1) is 0 Å². The molecule has 0 saturated carbocycles. The van der Waals surface area contributed by atoms with Gasteiger partial charge in [-0.05, 0) is 12.1 Å². The first kappa shape index (κ1) is 18.7. The second-order valence-electron chi connectivity index (χ2n) is 5.70. The second kappa shape index (κ2) is 9.54. The third-order valence-electron chi connectivity index (χ3n) is 3.95. The minimum absolute atomic E-state index is 0.202. The summed E-state index contributed by atoms with van der Waals surface area (Å²) in [4.78, 5) is 20.9.